The van der Waals surface area contributed by atoms with Gasteiger partial charge in [0.25, 0.3) is 0 Å². The summed E-state index contributed by atoms with van der Waals surface area (Å²) in [5.74, 6) is 1.74. The van der Waals surface area contributed by atoms with Crippen molar-refractivity contribution in [1.82, 2.24) is 0 Å². The van der Waals surface area contributed by atoms with Crippen LogP contribution in [0.2, 0.25) is 0 Å². The molecule has 0 aromatic carbocycles. The Balaban J connectivity index is 3.44. The van der Waals surface area contributed by atoms with E-state index in [9.17, 15) is 8.42 Å². The van der Waals surface area contributed by atoms with Gasteiger partial charge in [0, 0.05) is 4.91 Å². The molecular formula is C14H26O2S. The zero-order chi connectivity index (χ0) is 13.4. The van der Waals surface area contributed by atoms with Crippen LogP contribution in [0.1, 0.15) is 48.0 Å². The van der Waals surface area contributed by atoms with Crippen molar-refractivity contribution in [3.05, 3.63) is 10.5 Å². The topological polar surface area (TPSA) is 34.1 Å². The minimum absolute atomic E-state index is 0.110. The molecule has 0 amide bonds. The lowest BCUT2D eigenvalue weighted by molar-refractivity contribution is 0.387. The van der Waals surface area contributed by atoms with Crippen molar-refractivity contribution in [2.75, 3.05) is 5.75 Å². The van der Waals surface area contributed by atoms with Gasteiger partial charge in [0.05, 0.1) is 5.75 Å². The van der Waals surface area contributed by atoms with Crippen LogP contribution in [0.15, 0.2) is 10.5 Å². The summed E-state index contributed by atoms with van der Waals surface area (Å²) in [5, 5.41) is 0. The molecule has 1 atom stereocenters. The van der Waals surface area contributed by atoms with E-state index in [1.807, 2.05) is 13.8 Å². The van der Waals surface area contributed by atoms with Gasteiger partial charge < -0.3 is 0 Å². The van der Waals surface area contributed by atoms with E-state index in [1.165, 1.54) is 5.57 Å². The van der Waals surface area contributed by atoms with E-state index in [2.05, 4.69) is 27.7 Å². The van der Waals surface area contributed by atoms with Gasteiger partial charge in [-0.25, -0.2) is 8.42 Å². The Morgan fingerprint density at radius 3 is 1.88 bits per heavy atom. The first-order chi connectivity index (χ1) is 7.68. The molecule has 0 saturated carbocycles. The second-order valence-electron chi connectivity index (χ2n) is 6.09. The molecule has 0 aromatic rings. The Morgan fingerprint density at radius 2 is 1.53 bits per heavy atom. The summed E-state index contributed by atoms with van der Waals surface area (Å²) in [4.78, 5) is 0.734. The molecule has 3 heteroatoms. The second-order valence-corrected chi connectivity index (χ2v) is 8.16. The van der Waals surface area contributed by atoms with Crippen LogP contribution in [-0.4, -0.2) is 14.2 Å². The zero-order valence-electron chi connectivity index (χ0n) is 11.9. The Morgan fingerprint density at radius 1 is 1.00 bits per heavy atom. The molecule has 0 saturated heterocycles. The van der Waals surface area contributed by atoms with Crippen LogP contribution in [0, 0.1) is 23.7 Å². The quantitative estimate of drug-likeness (QED) is 0.774. The summed E-state index contributed by atoms with van der Waals surface area (Å²) in [7, 11) is -3.00. The van der Waals surface area contributed by atoms with Gasteiger partial charge >= 0.3 is 0 Å². The van der Waals surface area contributed by atoms with E-state index in [4.69, 9.17) is 0 Å². The molecule has 1 heterocycles. The van der Waals surface area contributed by atoms with Crippen LogP contribution >= 0.6 is 0 Å². The van der Waals surface area contributed by atoms with Gasteiger partial charge in [0.2, 0.25) is 0 Å². The largest absolute Gasteiger partial charge is 0.224 e. The van der Waals surface area contributed by atoms with Gasteiger partial charge in [0.15, 0.2) is 9.84 Å². The molecule has 2 nitrogen and oxygen atoms in total. The Kier molecular flexibility index (Phi) is 4.45. The first kappa shape index (κ1) is 14.7. The van der Waals surface area contributed by atoms with Crippen LogP contribution in [0.5, 0.6) is 0 Å². The molecular weight excluding hydrogens is 232 g/mol. The average molecular weight is 258 g/mol. The molecule has 0 radical (unpaired) electrons. The van der Waals surface area contributed by atoms with Crippen molar-refractivity contribution in [3.63, 3.8) is 0 Å². The lowest BCUT2D eigenvalue weighted by Gasteiger charge is -2.35. The van der Waals surface area contributed by atoms with E-state index in [1.54, 1.807) is 0 Å². The maximum absolute atomic E-state index is 12.2. The van der Waals surface area contributed by atoms with Gasteiger partial charge in [-0.15, -0.1) is 0 Å². The summed E-state index contributed by atoms with van der Waals surface area (Å²) in [6.07, 6.45) is 0.795. The van der Waals surface area contributed by atoms with E-state index >= 15 is 0 Å². The Hall–Kier alpha value is -0.310. The molecule has 0 aromatic heterocycles. The fourth-order valence-corrected chi connectivity index (χ4v) is 5.26. The van der Waals surface area contributed by atoms with Gasteiger partial charge in [-0.2, -0.15) is 0 Å². The average Bonchev–Trinajstić information content (AvgIpc) is 2.14. The van der Waals surface area contributed by atoms with Crippen LogP contribution in [0.25, 0.3) is 0 Å². The highest BCUT2D eigenvalue weighted by molar-refractivity contribution is 7.95. The monoisotopic (exact) mass is 258 g/mol. The number of sulfone groups is 1. The maximum atomic E-state index is 12.2. The SMILES string of the molecule is CC(C)C1=C(C(C)C)S(=O)(=O)CCC1C(C)C. The normalized spacial score (nSPS) is 25.1. The van der Waals surface area contributed by atoms with E-state index in [0.29, 0.717) is 23.5 Å². The second kappa shape index (κ2) is 5.13. The highest BCUT2D eigenvalue weighted by Crippen LogP contribution is 2.41. The molecule has 1 rings (SSSR count). The molecule has 1 aliphatic heterocycles. The number of hydrogen-bond donors (Lipinski definition) is 0. The molecule has 0 aliphatic carbocycles. The van der Waals surface area contributed by atoms with Crippen molar-refractivity contribution in [1.29, 1.82) is 0 Å². The predicted molar refractivity (Wildman–Crippen MR) is 73.4 cm³/mol. The van der Waals surface area contributed by atoms with Gasteiger partial charge in [-0.3, -0.25) is 0 Å². The molecule has 1 aliphatic rings. The first-order valence-electron chi connectivity index (χ1n) is 6.65. The minimum atomic E-state index is -3.00. The minimum Gasteiger partial charge on any atom is -0.224 e. The molecule has 0 spiro atoms. The van der Waals surface area contributed by atoms with Crippen LogP contribution in [0.3, 0.4) is 0 Å². The first-order valence-corrected chi connectivity index (χ1v) is 8.30. The van der Waals surface area contributed by atoms with E-state index < -0.39 is 9.84 Å². The molecule has 0 fully saturated rings. The lowest BCUT2D eigenvalue weighted by atomic mass is 9.79. The molecule has 100 valence electrons. The third kappa shape index (κ3) is 2.93. The highest BCUT2D eigenvalue weighted by atomic mass is 32.2. The standard InChI is InChI=1S/C14H26O2S/c1-9(2)12-7-8-17(15,16)14(11(5)6)13(12)10(3)4/h9-12H,7-8H2,1-6H3. The Bertz CT molecular complexity index is 400. The van der Waals surface area contributed by atoms with Crippen molar-refractivity contribution in [2.45, 2.75) is 48.0 Å². The fourth-order valence-electron chi connectivity index (χ4n) is 3.01. The highest BCUT2D eigenvalue weighted by Gasteiger charge is 2.36. The van der Waals surface area contributed by atoms with Crippen molar-refractivity contribution >= 4 is 9.84 Å². The van der Waals surface area contributed by atoms with Crippen molar-refractivity contribution in [2.24, 2.45) is 23.7 Å². The predicted octanol–water partition coefficient (Wildman–Crippen LogP) is 3.64. The van der Waals surface area contributed by atoms with Crippen LogP contribution in [-0.2, 0) is 9.84 Å². The summed E-state index contributed by atoms with van der Waals surface area (Å²) in [6.45, 7) is 12.6. The molecule has 17 heavy (non-hydrogen) atoms. The summed E-state index contributed by atoms with van der Waals surface area (Å²) in [6, 6.07) is 0. The third-order valence-corrected chi connectivity index (χ3v) is 5.82. The number of allylic oxidation sites excluding steroid dienone is 2. The van der Waals surface area contributed by atoms with Crippen LogP contribution in [0.4, 0.5) is 0 Å². The molecule has 1 unspecified atom stereocenters. The van der Waals surface area contributed by atoms with Gasteiger partial charge in [0.1, 0.15) is 0 Å². The zero-order valence-corrected chi connectivity index (χ0v) is 12.8. The Labute approximate surface area is 106 Å². The summed E-state index contributed by atoms with van der Waals surface area (Å²) >= 11 is 0. The third-order valence-electron chi connectivity index (χ3n) is 3.67. The fraction of sp³-hybridized carbons (Fsp3) is 0.857. The van der Waals surface area contributed by atoms with E-state index in [0.717, 1.165) is 11.3 Å². The van der Waals surface area contributed by atoms with Crippen molar-refractivity contribution < 1.29 is 8.42 Å². The summed E-state index contributed by atoms with van der Waals surface area (Å²) in [5.41, 5.74) is 1.20. The van der Waals surface area contributed by atoms with E-state index in [-0.39, 0.29) is 5.92 Å². The van der Waals surface area contributed by atoms with Crippen molar-refractivity contribution in [3.8, 4) is 0 Å². The summed E-state index contributed by atoms with van der Waals surface area (Å²) < 4.78 is 24.5. The maximum Gasteiger partial charge on any atom is 0.174 e. The van der Waals surface area contributed by atoms with Crippen LogP contribution < -0.4 is 0 Å². The molecule has 0 N–H and O–H groups in total. The van der Waals surface area contributed by atoms with Gasteiger partial charge in [-0.05, 0) is 35.7 Å². The van der Waals surface area contributed by atoms with Gasteiger partial charge in [-0.1, -0.05) is 41.5 Å². The number of hydrogen-bond acceptors (Lipinski definition) is 2. The number of rotatable bonds is 3. The lowest BCUT2D eigenvalue weighted by Crippen LogP contribution is -2.30. The molecule has 0 bridgehead atoms. The smallest absolute Gasteiger partial charge is 0.174 e.